The van der Waals surface area contributed by atoms with E-state index in [1.165, 1.54) is 15.4 Å². The van der Waals surface area contributed by atoms with Crippen molar-refractivity contribution in [3.8, 4) is 0 Å². The topological polar surface area (TPSA) is 0 Å². The van der Waals surface area contributed by atoms with Crippen molar-refractivity contribution in [2.45, 2.75) is 6.42 Å². The van der Waals surface area contributed by atoms with Gasteiger partial charge in [0.05, 0.1) is 0 Å². The molecule has 2 aliphatic carbocycles. The van der Waals surface area contributed by atoms with Crippen LogP contribution in [0.4, 0.5) is 0 Å². The Kier molecular flexibility index (Phi) is 1.34. The average Bonchev–Trinajstić information content (AvgIpc) is 2.37. The van der Waals surface area contributed by atoms with E-state index in [1.807, 2.05) is 0 Å². The number of hydrogen-bond donors (Lipinski definition) is 0. The van der Waals surface area contributed by atoms with E-state index < -0.39 is 0 Å². The molecule has 0 fully saturated rings. The van der Waals surface area contributed by atoms with Gasteiger partial charge in [0.1, 0.15) is 0 Å². The molecular formula is C7H6Br2. The van der Waals surface area contributed by atoms with Crippen molar-refractivity contribution in [2.24, 2.45) is 11.8 Å². The zero-order valence-corrected chi connectivity index (χ0v) is 7.94. The zero-order valence-electron chi connectivity index (χ0n) is 4.77. The summed E-state index contributed by atoms with van der Waals surface area (Å²) in [5.74, 6) is 1.37. The molecule has 0 spiro atoms. The summed E-state index contributed by atoms with van der Waals surface area (Å²) in [7, 11) is 0. The first-order valence-electron chi connectivity index (χ1n) is 3.02. The minimum atomic E-state index is 0.685. The van der Waals surface area contributed by atoms with E-state index in [-0.39, 0.29) is 0 Å². The minimum absolute atomic E-state index is 0.685. The van der Waals surface area contributed by atoms with Crippen LogP contribution < -0.4 is 0 Å². The van der Waals surface area contributed by atoms with Crippen LogP contribution in [0, 0.1) is 11.8 Å². The van der Waals surface area contributed by atoms with Gasteiger partial charge in [0, 0.05) is 20.8 Å². The zero-order chi connectivity index (χ0) is 6.43. The Morgan fingerprint density at radius 1 is 1.11 bits per heavy atom. The van der Waals surface area contributed by atoms with Crippen molar-refractivity contribution < 1.29 is 0 Å². The highest BCUT2D eigenvalue weighted by Gasteiger charge is 2.32. The molecule has 0 aromatic carbocycles. The van der Waals surface area contributed by atoms with Crippen molar-refractivity contribution >= 4 is 31.9 Å². The summed E-state index contributed by atoms with van der Waals surface area (Å²) in [6.45, 7) is 0. The summed E-state index contributed by atoms with van der Waals surface area (Å²) in [6, 6.07) is 0. The van der Waals surface area contributed by atoms with Gasteiger partial charge in [0.2, 0.25) is 0 Å². The van der Waals surface area contributed by atoms with Gasteiger partial charge in [-0.25, -0.2) is 0 Å². The summed E-state index contributed by atoms with van der Waals surface area (Å²) in [5, 5.41) is 0. The highest BCUT2D eigenvalue weighted by Crippen LogP contribution is 2.48. The van der Waals surface area contributed by atoms with Crippen LogP contribution in [0.25, 0.3) is 0 Å². The fourth-order valence-corrected chi connectivity index (χ4v) is 2.70. The standard InChI is InChI=1S/C7H6Br2/c8-6-4-1-2-5(3-4)7(6)9/h1-2,4-5H,3H2. The lowest BCUT2D eigenvalue weighted by Gasteiger charge is -2.02. The highest BCUT2D eigenvalue weighted by molar-refractivity contribution is 9.14. The maximum Gasteiger partial charge on any atom is 0.0127 e. The number of allylic oxidation sites excluding steroid dienone is 4. The molecule has 9 heavy (non-hydrogen) atoms. The SMILES string of the molecule is BrC1=C(Br)C2C=CC1C2. The predicted molar refractivity (Wildman–Crippen MR) is 45.6 cm³/mol. The Morgan fingerprint density at radius 2 is 1.56 bits per heavy atom. The van der Waals surface area contributed by atoms with Gasteiger partial charge in [-0.3, -0.25) is 0 Å². The molecular weight excluding hydrogens is 244 g/mol. The Hall–Kier alpha value is 0.440. The fourth-order valence-electron chi connectivity index (χ4n) is 1.43. The summed E-state index contributed by atoms with van der Waals surface area (Å²) in [5.41, 5.74) is 0. The normalized spacial score (nSPS) is 38.9. The molecule has 0 heterocycles. The van der Waals surface area contributed by atoms with Crippen molar-refractivity contribution in [1.29, 1.82) is 0 Å². The van der Waals surface area contributed by atoms with Gasteiger partial charge in [0.25, 0.3) is 0 Å². The third-order valence-electron chi connectivity index (χ3n) is 1.96. The monoisotopic (exact) mass is 248 g/mol. The fraction of sp³-hybridized carbons (Fsp3) is 0.429. The van der Waals surface area contributed by atoms with Crippen molar-refractivity contribution in [1.82, 2.24) is 0 Å². The molecule has 0 amide bonds. The lowest BCUT2D eigenvalue weighted by Crippen LogP contribution is -1.85. The minimum Gasteiger partial charge on any atom is -0.0798 e. The molecule has 0 saturated carbocycles. The largest absolute Gasteiger partial charge is 0.0798 e. The van der Waals surface area contributed by atoms with E-state index in [2.05, 4.69) is 44.0 Å². The van der Waals surface area contributed by atoms with Gasteiger partial charge in [-0.05, 0) is 6.42 Å². The number of rotatable bonds is 0. The van der Waals surface area contributed by atoms with Crippen LogP contribution in [-0.4, -0.2) is 0 Å². The van der Waals surface area contributed by atoms with Crippen LogP contribution in [0.5, 0.6) is 0 Å². The van der Waals surface area contributed by atoms with Gasteiger partial charge in [-0.2, -0.15) is 0 Å². The Bertz CT molecular complexity index is 183. The van der Waals surface area contributed by atoms with Gasteiger partial charge in [-0.1, -0.05) is 44.0 Å². The van der Waals surface area contributed by atoms with E-state index in [1.54, 1.807) is 0 Å². The average molecular weight is 250 g/mol. The molecule has 0 nitrogen and oxygen atoms in total. The van der Waals surface area contributed by atoms with Crippen molar-refractivity contribution in [3.63, 3.8) is 0 Å². The lowest BCUT2D eigenvalue weighted by molar-refractivity contribution is 0.726. The summed E-state index contributed by atoms with van der Waals surface area (Å²) < 4.78 is 2.71. The molecule has 2 atom stereocenters. The summed E-state index contributed by atoms with van der Waals surface area (Å²) in [4.78, 5) is 0. The Morgan fingerprint density at radius 3 is 1.78 bits per heavy atom. The van der Waals surface area contributed by atoms with Crippen LogP contribution >= 0.6 is 31.9 Å². The molecule has 2 heteroatoms. The Labute approximate surface area is 71.3 Å². The first-order chi connectivity index (χ1) is 4.29. The summed E-state index contributed by atoms with van der Waals surface area (Å²) >= 11 is 7.08. The maximum atomic E-state index is 3.54. The molecule has 2 rings (SSSR count). The third-order valence-corrected chi connectivity index (χ3v) is 4.53. The Balaban J connectivity index is 2.41. The quantitative estimate of drug-likeness (QED) is 0.579. The second-order valence-electron chi connectivity index (χ2n) is 2.53. The smallest absolute Gasteiger partial charge is 0.0127 e. The second kappa shape index (κ2) is 1.96. The molecule has 0 saturated heterocycles. The van der Waals surface area contributed by atoms with Crippen LogP contribution in [0.1, 0.15) is 6.42 Å². The molecule has 48 valence electrons. The van der Waals surface area contributed by atoms with Gasteiger partial charge < -0.3 is 0 Å². The first kappa shape index (κ1) is 6.17. The molecule has 0 aromatic heterocycles. The van der Waals surface area contributed by atoms with E-state index in [4.69, 9.17) is 0 Å². The van der Waals surface area contributed by atoms with E-state index >= 15 is 0 Å². The molecule has 2 aliphatic rings. The van der Waals surface area contributed by atoms with E-state index in [0.29, 0.717) is 11.8 Å². The first-order valence-corrected chi connectivity index (χ1v) is 4.61. The number of fused-ring (bicyclic) bond motifs is 2. The van der Waals surface area contributed by atoms with E-state index in [0.717, 1.165) is 0 Å². The predicted octanol–water partition coefficient (Wildman–Crippen LogP) is 3.19. The van der Waals surface area contributed by atoms with Crippen LogP contribution in [0.2, 0.25) is 0 Å². The van der Waals surface area contributed by atoms with Crippen LogP contribution in [-0.2, 0) is 0 Å². The number of hydrogen-bond acceptors (Lipinski definition) is 0. The maximum absolute atomic E-state index is 3.54. The third kappa shape index (κ3) is 0.761. The molecule has 0 radical (unpaired) electrons. The molecule has 2 unspecified atom stereocenters. The second-order valence-corrected chi connectivity index (χ2v) is 4.24. The van der Waals surface area contributed by atoms with Gasteiger partial charge in [-0.15, -0.1) is 0 Å². The lowest BCUT2D eigenvalue weighted by atomic mass is 10.2. The van der Waals surface area contributed by atoms with E-state index in [9.17, 15) is 0 Å². The van der Waals surface area contributed by atoms with Crippen molar-refractivity contribution in [3.05, 3.63) is 21.1 Å². The van der Waals surface area contributed by atoms with Crippen LogP contribution in [0.3, 0.4) is 0 Å². The van der Waals surface area contributed by atoms with Gasteiger partial charge in [0.15, 0.2) is 0 Å². The molecule has 0 aromatic rings. The van der Waals surface area contributed by atoms with Crippen LogP contribution in [0.15, 0.2) is 21.1 Å². The highest BCUT2D eigenvalue weighted by atomic mass is 79.9. The van der Waals surface area contributed by atoms with Crippen molar-refractivity contribution in [2.75, 3.05) is 0 Å². The molecule has 0 aliphatic heterocycles. The number of halogens is 2. The van der Waals surface area contributed by atoms with Gasteiger partial charge >= 0.3 is 0 Å². The molecule has 2 bridgehead atoms. The summed E-state index contributed by atoms with van der Waals surface area (Å²) in [6.07, 6.45) is 5.83. The molecule has 0 N–H and O–H groups in total.